The minimum absolute atomic E-state index is 0.243. The van der Waals surface area contributed by atoms with Gasteiger partial charge in [-0.1, -0.05) is 45.4 Å². The van der Waals surface area contributed by atoms with Gasteiger partial charge < -0.3 is 5.11 Å². The van der Waals surface area contributed by atoms with Gasteiger partial charge in [0.15, 0.2) is 5.78 Å². The Morgan fingerprint density at radius 1 is 1.18 bits per heavy atom. The molecule has 0 aromatic carbocycles. The maximum Gasteiger partial charge on any atom is 0.158 e. The molecule has 1 aliphatic carbocycles. The number of aliphatic hydroxyl groups is 1. The number of ketones is 1. The number of hydrogen-bond acceptors (Lipinski definition) is 2. The van der Waals surface area contributed by atoms with Gasteiger partial charge in [-0.25, -0.2) is 0 Å². The van der Waals surface area contributed by atoms with Crippen molar-refractivity contribution in [2.75, 3.05) is 0 Å². The van der Waals surface area contributed by atoms with E-state index < -0.39 is 6.10 Å². The van der Waals surface area contributed by atoms with Crippen LogP contribution >= 0.6 is 0 Å². The first-order chi connectivity index (χ1) is 8.24. The number of hydrogen-bond donors (Lipinski definition) is 1. The largest absolute Gasteiger partial charge is 0.389 e. The SMILES string of the molecule is CCCCCCCC[C@@H](O)C=C1CCCC1=O. The van der Waals surface area contributed by atoms with E-state index in [0.717, 1.165) is 31.3 Å². The molecule has 2 nitrogen and oxygen atoms in total. The van der Waals surface area contributed by atoms with Gasteiger partial charge in [0.05, 0.1) is 6.10 Å². The van der Waals surface area contributed by atoms with Crippen LogP contribution in [-0.2, 0) is 4.79 Å². The Labute approximate surface area is 105 Å². The normalized spacial score (nSPS) is 20.1. The third-order valence-electron chi connectivity index (χ3n) is 3.46. The van der Waals surface area contributed by atoms with Crippen LogP contribution in [-0.4, -0.2) is 17.0 Å². The lowest BCUT2D eigenvalue weighted by molar-refractivity contribution is -0.114. The van der Waals surface area contributed by atoms with Gasteiger partial charge in [0.2, 0.25) is 0 Å². The van der Waals surface area contributed by atoms with Crippen LogP contribution < -0.4 is 0 Å². The molecular weight excluding hydrogens is 212 g/mol. The summed E-state index contributed by atoms with van der Waals surface area (Å²) in [6.45, 7) is 2.22. The first-order valence-corrected chi connectivity index (χ1v) is 7.16. The predicted octanol–water partition coefficient (Wildman–Crippen LogP) is 3.78. The van der Waals surface area contributed by atoms with E-state index in [1.165, 1.54) is 32.1 Å². The summed E-state index contributed by atoms with van der Waals surface area (Å²) in [5, 5.41) is 9.80. The van der Waals surface area contributed by atoms with Crippen LogP contribution in [0.1, 0.15) is 71.1 Å². The predicted molar refractivity (Wildman–Crippen MR) is 70.9 cm³/mol. The first kappa shape index (κ1) is 14.4. The van der Waals surface area contributed by atoms with E-state index >= 15 is 0 Å². The quantitative estimate of drug-likeness (QED) is 0.516. The lowest BCUT2D eigenvalue weighted by atomic mass is 10.0. The fourth-order valence-corrected chi connectivity index (χ4v) is 2.37. The van der Waals surface area contributed by atoms with Crippen molar-refractivity contribution in [2.45, 2.75) is 77.2 Å². The van der Waals surface area contributed by atoms with Crippen LogP contribution in [0.3, 0.4) is 0 Å². The van der Waals surface area contributed by atoms with Gasteiger partial charge in [-0.05, 0) is 30.9 Å². The van der Waals surface area contributed by atoms with Crippen molar-refractivity contribution in [3.05, 3.63) is 11.6 Å². The zero-order chi connectivity index (χ0) is 12.5. The molecule has 98 valence electrons. The van der Waals surface area contributed by atoms with Crippen LogP contribution in [0.25, 0.3) is 0 Å². The fraction of sp³-hybridized carbons (Fsp3) is 0.800. The highest BCUT2D eigenvalue weighted by Gasteiger charge is 2.17. The van der Waals surface area contributed by atoms with E-state index in [0.29, 0.717) is 6.42 Å². The van der Waals surface area contributed by atoms with Gasteiger partial charge in [0, 0.05) is 6.42 Å². The summed E-state index contributed by atoms with van der Waals surface area (Å²) in [6, 6.07) is 0. The number of allylic oxidation sites excluding steroid dienone is 1. The highest BCUT2D eigenvalue weighted by molar-refractivity contribution is 5.97. The summed E-state index contributed by atoms with van der Waals surface area (Å²) in [7, 11) is 0. The lowest BCUT2D eigenvalue weighted by Gasteiger charge is -2.06. The van der Waals surface area contributed by atoms with Crippen LogP contribution in [0, 0.1) is 0 Å². The van der Waals surface area contributed by atoms with Crippen molar-refractivity contribution in [1.29, 1.82) is 0 Å². The second-order valence-electron chi connectivity index (χ2n) is 5.09. The van der Waals surface area contributed by atoms with Crippen molar-refractivity contribution in [1.82, 2.24) is 0 Å². The molecule has 1 rings (SSSR count). The second kappa shape index (κ2) is 8.46. The van der Waals surface area contributed by atoms with Gasteiger partial charge >= 0.3 is 0 Å². The summed E-state index contributed by atoms with van der Waals surface area (Å²) in [5.74, 6) is 0.243. The van der Waals surface area contributed by atoms with Crippen LogP contribution in [0.15, 0.2) is 11.6 Å². The van der Waals surface area contributed by atoms with Gasteiger partial charge in [-0.15, -0.1) is 0 Å². The fourth-order valence-electron chi connectivity index (χ4n) is 2.37. The van der Waals surface area contributed by atoms with Gasteiger partial charge in [0.1, 0.15) is 0 Å². The van der Waals surface area contributed by atoms with E-state index in [4.69, 9.17) is 0 Å². The highest BCUT2D eigenvalue weighted by Crippen LogP contribution is 2.21. The monoisotopic (exact) mass is 238 g/mol. The highest BCUT2D eigenvalue weighted by atomic mass is 16.3. The van der Waals surface area contributed by atoms with Gasteiger partial charge in [-0.3, -0.25) is 4.79 Å². The van der Waals surface area contributed by atoms with Gasteiger partial charge in [-0.2, -0.15) is 0 Å². The number of carbonyl (C=O) groups is 1. The molecule has 0 aromatic heterocycles. The Morgan fingerprint density at radius 2 is 1.88 bits per heavy atom. The molecule has 1 aliphatic rings. The number of Topliss-reactive ketones (excluding diaryl/α,β-unsaturated/α-hetero) is 1. The van der Waals surface area contributed by atoms with E-state index in [-0.39, 0.29) is 5.78 Å². The van der Waals surface area contributed by atoms with E-state index in [1.54, 1.807) is 6.08 Å². The van der Waals surface area contributed by atoms with Gasteiger partial charge in [0.25, 0.3) is 0 Å². The molecule has 0 amide bonds. The zero-order valence-electron chi connectivity index (χ0n) is 11.1. The van der Waals surface area contributed by atoms with Crippen molar-refractivity contribution in [3.63, 3.8) is 0 Å². The molecule has 1 fully saturated rings. The van der Waals surface area contributed by atoms with Crippen LogP contribution in [0.2, 0.25) is 0 Å². The molecule has 0 aliphatic heterocycles. The van der Waals surface area contributed by atoms with E-state index in [9.17, 15) is 9.90 Å². The van der Waals surface area contributed by atoms with Crippen molar-refractivity contribution >= 4 is 5.78 Å². The number of carbonyl (C=O) groups excluding carboxylic acids is 1. The molecule has 0 bridgehead atoms. The molecule has 0 heterocycles. The Kier molecular flexibility index (Phi) is 7.18. The summed E-state index contributed by atoms with van der Waals surface area (Å²) in [6.07, 6.45) is 12.2. The Hall–Kier alpha value is -0.630. The molecule has 0 unspecified atom stereocenters. The van der Waals surface area contributed by atoms with Crippen molar-refractivity contribution in [2.24, 2.45) is 0 Å². The summed E-state index contributed by atoms with van der Waals surface area (Å²) in [4.78, 5) is 11.4. The molecule has 1 N–H and O–H groups in total. The number of aliphatic hydroxyl groups excluding tert-OH is 1. The Balaban J connectivity index is 2.08. The topological polar surface area (TPSA) is 37.3 Å². The Morgan fingerprint density at radius 3 is 2.53 bits per heavy atom. The summed E-state index contributed by atoms with van der Waals surface area (Å²) >= 11 is 0. The Bertz CT molecular complexity index is 256. The zero-order valence-corrected chi connectivity index (χ0v) is 11.1. The van der Waals surface area contributed by atoms with Crippen molar-refractivity contribution in [3.8, 4) is 0 Å². The smallest absolute Gasteiger partial charge is 0.158 e. The van der Waals surface area contributed by atoms with Crippen molar-refractivity contribution < 1.29 is 9.90 Å². The lowest BCUT2D eigenvalue weighted by Crippen LogP contribution is -2.05. The standard InChI is InChI=1S/C15H26O2/c1-2-3-4-5-6-7-10-14(16)12-13-9-8-11-15(13)17/h12,14,16H,2-11H2,1H3/t14-/m1/s1. The molecule has 0 aromatic rings. The maximum absolute atomic E-state index is 11.4. The van der Waals surface area contributed by atoms with E-state index in [2.05, 4.69) is 6.92 Å². The molecule has 2 heteroatoms. The number of unbranched alkanes of at least 4 members (excludes halogenated alkanes) is 5. The van der Waals surface area contributed by atoms with Crippen LogP contribution in [0.5, 0.6) is 0 Å². The summed E-state index contributed by atoms with van der Waals surface area (Å²) in [5.41, 5.74) is 0.864. The first-order valence-electron chi connectivity index (χ1n) is 7.16. The summed E-state index contributed by atoms with van der Waals surface area (Å²) < 4.78 is 0. The molecule has 17 heavy (non-hydrogen) atoms. The molecular formula is C15H26O2. The minimum atomic E-state index is -0.404. The molecule has 1 saturated carbocycles. The third kappa shape index (κ3) is 6.02. The average molecular weight is 238 g/mol. The molecule has 0 spiro atoms. The second-order valence-corrected chi connectivity index (χ2v) is 5.09. The molecule has 1 atom stereocenters. The number of rotatable bonds is 8. The molecule has 0 radical (unpaired) electrons. The average Bonchev–Trinajstić information content (AvgIpc) is 2.69. The van der Waals surface area contributed by atoms with E-state index in [1.807, 2.05) is 0 Å². The molecule has 0 saturated heterocycles. The minimum Gasteiger partial charge on any atom is -0.389 e. The maximum atomic E-state index is 11.4. The third-order valence-corrected chi connectivity index (χ3v) is 3.46. The van der Waals surface area contributed by atoms with Crippen LogP contribution in [0.4, 0.5) is 0 Å².